The lowest BCUT2D eigenvalue weighted by molar-refractivity contribution is 0.0881. The van der Waals surface area contributed by atoms with Gasteiger partial charge in [0, 0.05) is 12.0 Å². The highest BCUT2D eigenvalue weighted by Crippen LogP contribution is 2.44. The molecule has 0 aromatic rings. The molecule has 1 heterocycles. The summed E-state index contributed by atoms with van der Waals surface area (Å²) < 4.78 is 13.6. The Labute approximate surface area is 185 Å². The van der Waals surface area contributed by atoms with Gasteiger partial charge in [-0.1, -0.05) is 67.4 Å². The maximum atomic E-state index is 6.91. The van der Waals surface area contributed by atoms with E-state index in [1.165, 1.54) is 0 Å². The largest absolute Gasteiger partial charge is 0.414 e. The third-order valence-corrected chi connectivity index (χ3v) is 19.4. The Balaban J connectivity index is 3.39. The third kappa shape index (κ3) is 5.98. The van der Waals surface area contributed by atoms with E-state index in [-0.39, 0.29) is 12.2 Å². The fourth-order valence-electron chi connectivity index (χ4n) is 5.66. The molecule has 0 saturated carbocycles. The smallest absolute Gasteiger partial charge is 0.203 e. The number of hydrogen-bond acceptors (Lipinski definition) is 2. The minimum Gasteiger partial charge on any atom is -0.414 e. The zero-order valence-corrected chi connectivity index (χ0v) is 24.2. The van der Waals surface area contributed by atoms with Crippen LogP contribution in [0.3, 0.4) is 0 Å². The van der Waals surface area contributed by atoms with E-state index in [1.54, 1.807) is 0 Å². The average molecular weight is 453 g/mol. The zero-order valence-electron chi connectivity index (χ0n) is 21.2. The summed E-state index contributed by atoms with van der Waals surface area (Å²) in [6.45, 7) is 29.9. The van der Waals surface area contributed by atoms with Crippen LogP contribution in [0.25, 0.3) is 0 Å². The summed E-state index contributed by atoms with van der Waals surface area (Å²) in [7, 11) is -5.38. The van der Waals surface area contributed by atoms with Crippen molar-refractivity contribution < 1.29 is 8.85 Å². The van der Waals surface area contributed by atoms with Crippen molar-refractivity contribution in [2.75, 3.05) is 0 Å². The molecule has 1 aliphatic heterocycles. The van der Waals surface area contributed by atoms with Crippen LogP contribution in [-0.2, 0) is 8.85 Å². The van der Waals surface area contributed by atoms with Crippen LogP contribution in [-0.4, -0.2) is 36.9 Å². The first-order valence-corrected chi connectivity index (χ1v) is 19.8. The normalized spacial score (nSPS) is 25.2. The molecule has 168 valence electrons. The van der Waals surface area contributed by atoms with Gasteiger partial charge in [-0.2, -0.15) is 0 Å². The van der Waals surface area contributed by atoms with Crippen LogP contribution in [0.15, 0.2) is 12.7 Å². The Kier molecular flexibility index (Phi) is 9.70. The molecule has 1 fully saturated rings. The molecule has 1 saturated heterocycles. The van der Waals surface area contributed by atoms with Gasteiger partial charge in [0.2, 0.25) is 8.32 Å². The van der Waals surface area contributed by atoms with Crippen LogP contribution in [0.2, 0.25) is 53.9 Å². The first kappa shape index (κ1) is 26.9. The van der Waals surface area contributed by atoms with E-state index in [0.717, 1.165) is 18.5 Å². The maximum Gasteiger partial charge on any atom is 0.203 e. The van der Waals surface area contributed by atoms with Crippen LogP contribution < -0.4 is 0 Å². The van der Waals surface area contributed by atoms with E-state index < -0.39 is 24.7 Å². The van der Waals surface area contributed by atoms with Crippen molar-refractivity contribution in [2.24, 2.45) is 0 Å². The van der Waals surface area contributed by atoms with Crippen molar-refractivity contribution in [3.63, 3.8) is 0 Å². The summed E-state index contributed by atoms with van der Waals surface area (Å²) in [6, 6.07) is 2.20. The summed E-state index contributed by atoms with van der Waals surface area (Å²) in [6.07, 6.45) is 3.26. The molecule has 0 aliphatic carbocycles. The van der Waals surface area contributed by atoms with Gasteiger partial charge in [-0.05, 0) is 48.4 Å². The van der Waals surface area contributed by atoms with Crippen molar-refractivity contribution in [1.82, 2.24) is 0 Å². The van der Waals surface area contributed by atoms with Crippen molar-refractivity contribution >= 4 is 24.7 Å². The van der Waals surface area contributed by atoms with Gasteiger partial charge < -0.3 is 8.85 Å². The topological polar surface area (TPSA) is 18.5 Å². The lowest BCUT2D eigenvalue weighted by Gasteiger charge is -2.48. The highest BCUT2D eigenvalue weighted by Gasteiger charge is 2.50. The molecular weight excluding hydrogens is 405 g/mol. The molecule has 1 aliphatic rings. The van der Waals surface area contributed by atoms with Gasteiger partial charge in [0.1, 0.15) is 14.2 Å². The third-order valence-electron chi connectivity index (χ3n) is 7.10. The molecule has 1 rings (SSSR count). The number of hydrogen-bond donors (Lipinski definition) is 0. The SMILES string of the molecule is C=C[C@H]1[C@H](O[Si](C)(C)C)C[C@@H](C#C[Si](C(C)C)(C(C)C)C(C)C)O[Si]1(CC)CC. The summed E-state index contributed by atoms with van der Waals surface area (Å²) in [5, 5.41) is 0. The van der Waals surface area contributed by atoms with Crippen LogP contribution in [0, 0.1) is 11.5 Å². The van der Waals surface area contributed by atoms with Gasteiger partial charge in [0.25, 0.3) is 0 Å². The highest BCUT2D eigenvalue weighted by atomic mass is 28.4. The van der Waals surface area contributed by atoms with E-state index in [0.29, 0.717) is 22.2 Å². The Morgan fingerprint density at radius 2 is 1.52 bits per heavy atom. The Morgan fingerprint density at radius 1 is 1.03 bits per heavy atom. The van der Waals surface area contributed by atoms with Crippen molar-refractivity contribution in [3.05, 3.63) is 12.7 Å². The Bertz CT molecular complexity index is 570. The zero-order chi connectivity index (χ0) is 22.6. The molecule has 0 unspecified atom stereocenters. The predicted molar refractivity (Wildman–Crippen MR) is 137 cm³/mol. The first-order chi connectivity index (χ1) is 13.3. The summed E-state index contributed by atoms with van der Waals surface area (Å²) in [4.78, 5) is 0. The standard InChI is InChI=1S/C24H48O2Si3/c1-13-24-23(26-27(10,11)12)18-22(25-28(24,14-2)15-3)16-17-29(19(4)5,20(6)7)21(8)9/h13,19-24H,1,14-15,18H2,2-12H3/t22-,23-,24+/m1/s1. The molecule has 0 aromatic heterocycles. The van der Waals surface area contributed by atoms with E-state index in [1.807, 2.05) is 0 Å². The van der Waals surface area contributed by atoms with Gasteiger partial charge in [0.15, 0.2) is 8.32 Å². The van der Waals surface area contributed by atoms with E-state index in [4.69, 9.17) is 8.85 Å². The molecule has 0 N–H and O–H groups in total. The molecule has 0 amide bonds. The van der Waals surface area contributed by atoms with Crippen molar-refractivity contribution in [2.45, 2.75) is 128 Å². The average Bonchev–Trinajstić information content (AvgIpc) is 2.59. The van der Waals surface area contributed by atoms with E-state index in [2.05, 4.69) is 99.2 Å². The van der Waals surface area contributed by atoms with Gasteiger partial charge >= 0.3 is 0 Å². The second-order valence-electron chi connectivity index (χ2n) is 10.8. The van der Waals surface area contributed by atoms with Crippen LogP contribution in [0.1, 0.15) is 61.8 Å². The van der Waals surface area contributed by atoms with Crippen LogP contribution in [0.4, 0.5) is 0 Å². The minimum atomic E-state index is -1.97. The van der Waals surface area contributed by atoms with E-state index >= 15 is 0 Å². The summed E-state index contributed by atoms with van der Waals surface area (Å²) >= 11 is 0. The second-order valence-corrected chi connectivity index (χ2v) is 25.3. The lowest BCUT2D eigenvalue weighted by Crippen LogP contribution is -2.56. The number of rotatable bonds is 8. The molecule has 29 heavy (non-hydrogen) atoms. The lowest BCUT2D eigenvalue weighted by atomic mass is 10.1. The summed E-state index contributed by atoms with van der Waals surface area (Å²) in [5.74, 6) is 3.72. The highest BCUT2D eigenvalue weighted by molar-refractivity contribution is 6.90. The van der Waals surface area contributed by atoms with Crippen LogP contribution >= 0.6 is 0 Å². The molecule has 2 nitrogen and oxygen atoms in total. The fraction of sp³-hybridized carbons (Fsp3) is 0.833. The molecule has 3 atom stereocenters. The molecule has 5 heteroatoms. The molecular formula is C24H48O2Si3. The molecule has 0 spiro atoms. The molecule has 0 aromatic carbocycles. The molecule has 0 bridgehead atoms. The fourth-order valence-corrected chi connectivity index (χ4v) is 16.2. The van der Waals surface area contributed by atoms with Gasteiger partial charge in [-0.15, -0.1) is 12.1 Å². The predicted octanol–water partition coefficient (Wildman–Crippen LogP) is 7.76. The maximum absolute atomic E-state index is 6.91. The van der Waals surface area contributed by atoms with E-state index in [9.17, 15) is 0 Å². The summed E-state index contributed by atoms with van der Waals surface area (Å²) in [5.41, 5.74) is 6.22. The Morgan fingerprint density at radius 3 is 1.86 bits per heavy atom. The van der Waals surface area contributed by atoms with Crippen LogP contribution in [0.5, 0.6) is 0 Å². The molecule has 0 radical (unpaired) electrons. The minimum absolute atomic E-state index is 0.0160. The first-order valence-electron chi connectivity index (χ1n) is 11.8. The second kappa shape index (κ2) is 10.5. The van der Waals surface area contributed by atoms with Gasteiger partial charge in [-0.25, -0.2) is 0 Å². The van der Waals surface area contributed by atoms with Crippen molar-refractivity contribution in [1.29, 1.82) is 0 Å². The quantitative estimate of drug-likeness (QED) is 0.213. The Hall–Kier alpha value is -0.129. The van der Waals surface area contributed by atoms with Gasteiger partial charge in [-0.3, -0.25) is 0 Å². The monoisotopic (exact) mass is 452 g/mol. The van der Waals surface area contributed by atoms with Crippen molar-refractivity contribution in [3.8, 4) is 11.5 Å². The van der Waals surface area contributed by atoms with Gasteiger partial charge in [0.05, 0.1) is 6.10 Å².